The molecule has 5 aliphatic rings. The summed E-state index contributed by atoms with van der Waals surface area (Å²) < 4.78 is 0. The van der Waals surface area contributed by atoms with Gasteiger partial charge >= 0.3 is 0 Å². The summed E-state index contributed by atoms with van der Waals surface area (Å²) in [5.41, 5.74) is 0. The van der Waals surface area contributed by atoms with Crippen molar-refractivity contribution in [2.24, 2.45) is 35.5 Å². The summed E-state index contributed by atoms with van der Waals surface area (Å²) >= 11 is 0. The second kappa shape index (κ2) is 6.24. The molecule has 5 fully saturated rings. The van der Waals surface area contributed by atoms with E-state index in [1.807, 2.05) is 0 Å². The molecule has 1 heterocycles. The molecule has 26 heavy (non-hydrogen) atoms. The highest BCUT2D eigenvalue weighted by Crippen LogP contribution is 2.50. The average Bonchev–Trinajstić information content (AvgIpc) is 3.42. The minimum atomic E-state index is 0.167. The Kier molecular flexibility index (Phi) is 4.09. The Morgan fingerprint density at radius 3 is 1.38 bits per heavy atom. The third-order valence-corrected chi connectivity index (χ3v) is 8.66. The van der Waals surface area contributed by atoms with Crippen LogP contribution in [0.5, 0.6) is 0 Å². The Morgan fingerprint density at radius 2 is 1.08 bits per heavy atom. The second-order valence-electron chi connectivity index (χ2n) is 10.2. The summed E-state index contributed by atoms with van der Waals surface area (Å²) in [7, 11) is 0. The molecule has 0 spiro atoms. The molecule has 0 N–H and O–H groups in total. The lowest BCUT2D eigenvalue weighted by molar-refractivity contribution is -0.152. The summed E-state index contributed by atoms with van der Waals surface area (Å²) in [5, 5.41) is 0. The minimum absolute atomic E-state index is 0.167. The Balaban J connectivity index is 1.25. The summed E-state index contributed by atoms with van der Waals surface area (Å²) in [5.74, 6) is 4.23. The number of nitrogens with zero attached hydrogens (tertiary/aromatic N) is 2. The predicted molar refractivity (Wildman–Crippen MR) is 100 cm³/mol. The zero-order valence-corrected chi connectivity index (χ0v) is 16.4. The van der Waals surface area contributed by atoms with Crippen molar-refractivity contribution in [3.8, 4) is 0 Å². The first-order valence-corrected chi connectivity index (χ1v) is 11.1. The van der Waals surface area contributed by atoms with Gasteiger partial charge in [-0.25, -0.2) is 0 Å². The van der Waals surface area contributed by atoms with E-state index in [0.717, 1.165) is 37.8 Å². The number of carbonyl (C=O) groups is 2. The van der Waals surface area contributed by atoms with Crippen molar-refractivity contribution >= 4 is 11.8 Å². The molecule has 0 aromatic heterocycles. The van der Waals surface area contributed by atoms with Crippen molar-refractivity contribution in [2.45, 2.75) is 77.3 Å². The highest BCUT2D eigenvalue weighted by Gasteiger charge is 2.48. The summed E-state index contributed by atoms with van der Waals surface area (Å²) in [6.45, 7) is 5.77. The number of fused-ring (bicyclic) bond motifs is 4. The summed E-state index contributed by atoms with van der Waals surface area (Å²) in [6, 6.07) is 0.334. The molecule has 0 radical (unpaired) electrons. The molecule has 4 bridgehead atoms. The normalized spacial score (nSPS) is 47.0. The SMILES string of the molecule is C[C@@H]1CN(C(=O)[C@H]2C[C@@H]3CC[C@@H]2C3)[C@@H](C)CN1C(=O)[C@@H]1C[C@@H]2CC[C@@H]1C2. The van der Waals surface area contributed by atoms with Crippen LogP contribution >= 0.6 is 0 Å². The number of hydrogen-bond acceptors (Lipinski definition) is 2. The molecule has 0 aromatic carbocycles. The molecule has 8 atom stereocenters. The van der Waals surface area contributed by atoms with E-state index >= 15 is 0 Å². The van der Waals surface area contributed by atoms with Gasteiger partial charge in [-0.05, 0) is 76.0 Å². The van der Waals surface area contributed by atoms with Gasteiger partial charge in [0, 0.05) is 37.0 Å². The number of piperazine rings is 1. The van der Waals surface area contributed by atoms with E-state index in [-0.39, 0.29) is 23.9 Å². The standard InChI is InChI=1S/C22H34N2O2/c1-13-11-24(22(26)20-10-16-4-6-18(20)8-16)14(2)12-23(13)21(25)19-9-15-3-5-17(19)7-15/h13-20H,3-12H2,1-2H3/t13-,14+,15-,16-,17-,18-,19-,20+/m1/s1. The van der Waals surface area contributed by atoms with E-state index in [2.05, 4.69) is 23.6 Å². The number of hydrogen-bond donors (Lipinski definition) is 0. The van der Waals surface area contributed by atoms with Crippen LogP contribution < -0.4 is 0 Å². The van der Waals surface area contributed by atoms with E-state index < -0.39 is 0 Å². The third kappa shape index (κ3) is 2.62. The van der Waals surface area contributed by atoms with E-state index in [9.17, 15) is 9.59 Å². The van der Waals surface area contributed by atoms with Gasteiger partial charge in [0.1, 0.15) is 0 Å². The fraction of sp³-hybridized carbons (Fsp3) is 0.909. The van der Waals surface area contributed by atoms with Gasteiger partial charge in [-0.2, -0.15) is 0 Å². The van der Waals surface area contributed by atoms with E-state index in [1.54, 1.807) is 0 Å². The molecule has 4 nitrogen and oxygen atoms in total. The van der Waals surface area contributed by atoms with Crippen LogP contribution in [0.25, 0.3) is 0 Å². The lowest BCUT2D eigenvalue weighted by Gasteiger charge is -2.46. The molecule has 144 valence electrons. The quantitative estimate of drug-likeness (QED) is 0.760. The van der Waals surface area contributed by atoms with Crippen LogP contribution in [-0.4, -0.2) is 46.8 Å². The molecule has 4 heteroatoms. The van der Waals surface area contributed by atoms with Gasteiger partial charge in [-0.15, -0.1) is 0 Å². The monoisotopic (exact) mass is 358 g/mol. The van der Waals surface area contributed by atoms with Gasteiger partial charge in [0.2, 0.25) is 11.8 Å². The maximum Gasteiger partial charge on any atom is 0.226 e. The first-order valence-electron chi connectivity index (χ1n) is 11.1. The molecule has 4 saturated carbocycles. The highest BCUT2D eigenvalue weighted by atomic mass is 16.2. The lowest BCUT2D eigenvalue weighted by atomic mass is 9.86. The van der Waals surface area contributed by atoms with Crippen molar-refractivity contribution in [3.05, 3.63) is 0 Å². The molecule has 2 amide bonds. The molecule has 1 aliphatic heterocycles. The van der Waals surface area contributed by atoms with Crippen LogP contribution in [0, 0.1) is 35.5 Å². The van der Waals surface area contributed by atoms with E-state index in [4.69, 9.17) is 0 Å². The van der Waals surface area contributed by atoms with Crippen LogP contribution in [0.2, 0.25) is 0 Å². The van der Waals surface area contributed by atoms with Crippen molar-refractivity contribution in [1.29, 1.82) is 0 Å². The Labute approximate surface area is 157 Å². The number of rotatable bonds is 2. The largest absolute Gasteiger partial charge is 0.336 e. The average molecular weight is 359 g/mol. The van der Waals surface area contributed by atoms with E-state index in [1.165, 1.54) is 38.5 Å². The van der Waals surface area contributed by atoms with Crippen LogP contribution in [-0.2, 0) is 9.59 Å². The van der Waals surface area contributed by atoms with Crippen LogP contribution in [0.15, 0.2) is 0 Å². The van der Waals surface area contributed by atoms with Gasteiger partial charge in [-0.1, -0.05) is 12.8 Å². The minimum Gasteiger partial charge on any atom is -0.336 e. The first kappa shape index (κ1) is 17.1. The van der Waals surface area contributed by atoms with Crippen molar-refractivity contribution in [2.75, 3.05) is 13.1 Å². The zero-order valence-electron chi connectivity index (χ0n) is 16.4. The van der Waals surface area contributed by atoms with Crippen LogP contribution in [0.1, 0.15) is 65.2 Å². The topological polar surface area (TPSA) is 40.6 Å². The van der Waals surface area contributed by atoms with Gasteiger partial charge in [0.05, 0.1) is 0 Å². The smallest absolute Gasteiger partial charge is 0.226 e. The molecule has 4 aliphatic carbocycles. The maximum atomic E-state index is 13.2. The second-order valence-corrected chi connectivity index (χ2v) is 10.2. The summed E-state index contributed by atoms with van der Waals surface area (Å²) in [6.07, 6.45) is 10.00. The Bertz CT molecular complexity index is 553. The molecule has 1 saturated heterocycles. The lowest BCUT2D eigenvalue weighted by Crippen LogP contribution is -2.61. The first-order chi connectivity index (χ1) is 12.5. The number of carbonyl (C=O) groups excluding carboxylic acids is 2. The maximum absolute atomic E-state index is 13.2. The molecule has 0 unspecified atom stereocenters. The fourth-order valence-electron chi connectivity index (χ4n) is 7.26. The van der Waals surface area contributed by atoms with Gasteiger partial charge in [-0.3, -0.25) is 9.59 Å². The predicted octanol–water partition coefficient (Wildman–Crippen LogP) is 3.31. The third-order valence-electron chi connectivity index (χ3n) is 8.66. The Hall–Kier alpha value is -1.06. The zero-order chi connectivity index (χ0) is 18.0. The van der Waals surface area contributed by atoms with Gasteiger partial charge < -0.3 is 9.80 Å². The van der Waals surface area contributed by atoms with Crippen molar-refractivity contribution < 1.29 is 9.59 Å². The highest BCUT2D eigenvalue weighted by molar-refractivity contribution is 5.82. The van der Waals surface area contributed by atoms with E-state index in [0.29, 0.717) is 23.7 Å². The number of amides is 2. The summed E-state index contributed by atoms with van der Waals surface area (Å²) in [4.78, 5) is 30.7. The molecule has 0 aromatic rings. The molecular weight excluding hydrogens is 324 g/mol. The van der Waals surface area contributed by atoms with Crippen molar-refractivity contribution in [3.63, 3.8) is 0 Å². The van der Waals surface area contributed by atoms with Crippen LogP contribution in [0.4, 0.5) is 0 Å². The van der Waals surface area contributed by atoms with Crippen molar-refractivity contribution in [1.82, 2.24) is 9.80 Å². The molecular formula is C22H34N2O2. The van der Waals surface area contributed by atoms with Gasteiger partial charge in [0.25, 0.3) is 0 Å². The van der Waals surface area contributed by atoms with Crippen LogP contribution in [0.3, 0.4) is 0 Å². The molecule has 5 rings (SSSR count). The Morgan fingerprint density at radius 1 is 0.654 bits per heavy atom. The fourth-order valence-corrected chi connectivity index (χ4v) is 7.26. The van der Waals surface area contributed by atoms with Gasteiger partial charge in [0.15, 0.2) is 0 Å².